The smallest absolute Gasteiger partial charge is 0.306 e. The van der Waals surface area contributed by atoms with Crippen LogP contribution >= 0.6 is 0 Å². The largest absolute Gasteiger partial charge is 0.462 e. The number of carbonyl (C=O) groups excluding carboxylic acids is 2. The topological polar surface area (TPSA) is 95.9 Å². The molecule has 3 atom stereocenters. The Morgan fingerprint density at radius 2 is 1.02 bits per heavy atom. The number of unbranched alkanes of at least 4 members (excludes halogenated alkanes) is 17. The second kappa shape index (κ2) is 44.9. The standard InChI is InChI=1S/C52H87NO5/c1-4-7-10-13-16-19-22-24-25-26-27-28-30-33-36-39-42-45-52(57)58-48(43-40-37-34-31-29-23-20-17-14-11-8-5-2)46-51(56)53-49(47-54)50(55)44-41-38-35-32-21-18-15-12-9-6-3/h7-8,10-11,13,16-17,19-20,22,24-28,30,48-50,54-55H,4-6,9,12,14-15,18,21,23,29,31-47H2,1-3H3,(H,53,56)/b10-7-,11-8+,16-13+,20-17+,22-19+,25-24-,27-26+,30-28+. The maximum atomic E-state index is 13.1. The number of rotatable bonds is 40. The zero-order chi connectivity index (χ0) is 42.4. The molecule has 0 saturated heterocycles. The third-order valence-electron chi connectivity index (χ3n) is 10.1. The van der Waals surface area contributed by atoms with E-state index in [-0.39, 0.29) is 24.9 Å². The summed E-state index contributed by atoms with van der Waals surface area (Å²) in [5.74, 6) is -0.551. The van der Waals surface area contributed by atoms with E-state index in [9.17, 15) is 19.8 Å². The average molecular weight is 806 g/mol. The maximum absolute atomic E-state index is 13.1. The van der Waals surface area contributed by atoms with E-state index in [4.69, 9.17) is 4.74 Å². The molecule has 0 aromatic rings. The van der Waals surface area contributed by atoms with Crippen LogP contribution in [0.3, 0.4) is 0 Å². The molecule has 0 bridgehead atoms. The SMILES string of the molecule is CC\C=C/C=C/C=C/C=C\C=C\C=C\CCCCCC(=O)OC(CCCCCCC/C=C/C/C=C/CC)CC(=O)NC(CO)C(O)CCCCCCCCCCCC. The second-order valence-corrected chi connectivity index (χ2v) is 15.5. The zero-order valence-corrected chi connectivity index (χ0v) is 37.4. The molecule has 0 saturated carbocycles. The van der Waals surface area contributed by atoms with Crippen LogP contribution in [-0.4, -0.2) is 46.9 Å². The maximum Gasteiger partial charge on any atom is 0.306 e. The molecule has 58 heavy (non-hydrogen) atoms. The third-order valence-corrected chi connectivity index (χ3v) is 10.1. The molecule has 0 radical (unpaired) electrons. The van der Waals surface area contributed by atoms with Gasteiger partial charge in [0.15, 0.2) is 0 Å². The van der Waals surface area contributed by atoms with Crippen LogP contribution in [0.1, 0.15) is 194 Å². The highest BCUT2D eigenvalue weighted by Crippen LogP contribution is 2.17. The lowest BCUT2D eigenvalue weighted by atomic mass is 10.0. The van der Waals surface area contributed by atoms with Gasteiger partial charge in [-0.25, -0.2) is 0 Å². The van der Waals surface area contributed by atoms with Crippen molar-refractivity contribution in [2.45, 2.75) is 212 Å². The van der Waals surface area contributed by atoms with E-state index in [0.29, 0.717) is 19.3 Å². The molecule has 330 valence electrons. The van der Waals surface area contributed by atoms with E-state index in [2.05, 4.69) is 68.6 Å². The van der Waals surface area contributed by atoms with Crippen molar-refractivity contribution in [3.05, 3.63) is 97.2 Å². The van der Waals surface area contributed by atoms with Crippen molar-refractivity contribution in [2.24, 2.45) is 0 Å². The fourth-order valence-electron chi connectivity index (χ4n) is 6.56. The number of hydrogen-bond acceptors (Lipinski definition) is 5. The molecule has 0 fully saturated rings. The summed E-state index contributed by atoms with van der Waals surface area (Å²) >= 11 is 0. The summed E-state index contributed by atoms with van der Waals surface area (Å²) in [6.07, 6.45) is 58.9. The fourth-order valence-corrected chi connectivity index (χ4v) is 6.56. The predicted molar refractivity (Wildman–Crippen MR) is 250 cm³/mol. The van der Waals surface area contributed by atoms with Gasteiger partial charge in [0, 0.05) is 6.42 Å². The first-order valence-electron chi connectivity index (χ1n) is 23.5. The highest BCUT2D eigenvalue weighted by molar-refractivity contribution is 5.77. The van der Waals surface area contributed by atoms with Gasteiger partial charge in [-0.1, -0.05) is 208 Å². The normalized spacial score (nSPS) is 14.2. The highest BCUT2D eigenvalue weighted by atomic mass is 16.5. The van der Waals surface area contributed by atoms with Gasteiger partial charge in [0.25, 0.3) is 0 Å². The summed E-state index contributed by atoms with van der Waals surface area (Å²) in [4.78, 5) is 26.0. The number of ether oxygens (including phenoxy) is 1. The molecule has 0 aliphatic rings. The summed E-state index contributed by atoms with van der Waals surface area (Å²) in [6, 6.07) is -0.720. The summed E-state index contributed by atoms with van der Waals surface area (Å²) in [6.45, 7) is 6.18. The van der Waals surface area contributed by atoms with Crippen molar-refractivity contribution in [3.63, 3.8) is 0 Å². The first kappa shape index (κ1) is 54.8. The molecule has 0 aromatic carbocycles. The molecule has 0 spiro atoms. The molecular weight excluding hydrogens is 719 g/mol. The van der Waals surface area contributed by atoms with E-state index >= 15 is 0 Å². The number of aliphatic hydroxyl groups is 2. The summed E-state index contributed by atoms with van der Waals surface area (Å²) in [5.41, 5.74) is 0. The average Bonchev–Trinajstić information content (AvgIpc) is 3.22. The van der Waals surface area contributed by atoms with Crippen molar-refractivity contribution in [3.8, 4) is 0 Å². The van der Waals surface area contributed by atoms with Crippen LogP contribution in [0, 0.1) is 0 Å². The third kappa shape index (κ3) is 39.6. The van der Waals surface area contributed by atoms with E-state index in [0.717, 1.165) is 103 Å². The Balaban J connectivity index is 4.72. The molecule has 0 aliphatic heterocycles. The quantitative estimate of drug-likeness (QED) is 0.0248. The van der Waals surface area contributed by atoms with Crippen LogP contribution in [-0.2, 0) is 14.3 Å². The Morgan fingerprint density at radius 3 is 1.60 bits per heavy atom. The Kier molecular flexibility index (Phi) is 42.4. The number of nitrogens with one attached hydrogen (secondary N) is 1. The summed E-state index contributed by atoms with van der Waals surface area (Å²) in [7, 11) is 0. The lowest BCUT2D eigenvalue weighted by Crippen LogP contribution is -2.46. The van der Waals surface area contributed by atoms with Gasteiger partial charge in [-0.15, -0.1) is 0 Å². The van der Waals surface area contributed by atoms with Gasteiger partial charge in [-0.3, -0.25) is 9.59 Å². The van der Waals surface area contributed by atoms with Gasteiger partial charge < -0.3 is 20.3 Å². The second-order valence-electron chi connectivity index (χ2n) is 15.5. The minimum Gasteiger partial charge on any atom is -0.462 e. The number of esters is 1. The van der Waals surface area contributed by atoms with Gasteiger partial charge in [-0.2, -0.15) is 0 Å². The summed E-state index contributed by atoms with van der Waals surface area (Å²) in [5, 5.41) is 23.6. The van der Waals surface area contributed by atoms with Crippen molar-refractivity contribution >= 4 is 11.9 Å². The first-order chi connectivity index (χ1) is 28.5. The summed E-state index contributed by atoms with van der Waals surface area (Å²) < 4.78 is 5.88. The Bertz CT molecular complexity index is 1180. The number of carbonyl (C=O) groups is 2. The molecule has 1 amide bonds. The molecule has 0 rings (SSSR count). The van der Waals surface area contributed by atoms with Crippen molar-refractivity contribution in [1.82, 2.24) is 5.32 Å². The van der Waals surface area contributed by atoms with Gasteiger partial charge in [0.2, 0.25) is 5.91 Å². The highest BCUT2D eigenvalue weighted by Gasteiger charge is 2.24. The van der Waals surface area contributed by atoms with E-state index in [1.807, 2.05) is 54.7 Å². The molecule has 6 heteroatoms. The van der Waals surface area contributed by atoms with Crippen molar-refractivity contribution in [2.75, 3.05) is 6.61 Å². The van der Waals surface area contributed by atoms with Crippen LogP contribution in [0.5, 0.6) is 0 Å². The van der Waals surface area contributed by atoms with Gasteiger partial charge in [-0.05, 0) is 70.6 Å². The lowest BCUT2D eigenvalue weighted by Gasteiger charge is -2.24. The van der Waals surface area contributed by atoms with E-state index < -0.39 is 18.2 Å². The number of aliphatic hydroxyl groups excluding tert-OH is 2. The van der Waals surface area contributed by atoms with Crippen molar-refractivity contribution in [1.29, 1.82) is 0 Å². The van der Waals surface area contributed by atoms with Gasteiger partial charge in [0.1, 0.15) is 6.10 Å². The first-order valence-corrected chi connectivity index (χ1v) is 23.5. The lowest BCUT2D eigenvalue weighted by molar-refractivity contribution is -0.151. The Hall–Kier alpha value is -3.22. The van der Waals surface area contributed by atoms with Gasteiger partial charge in [0.05, 0.1) is 25.2 Å². The van der Waals surface area contributed by atoms with Crippen molar-refractivity contribution < 1.29 is 24.5 Å². The van der Waals surface area contributed by atoms with Crippen LogP contribution in [0.25, 0.3) is 0 Å². The monoisotopic (exact) mass is 806 g/mol. The van der Waals surface area contributed by atoms with Crippen LogP contribution < -0.4 is 5.32 Å². The van der Waals surface area contributed by atoms with Crippen LogP contribution in [0.4, 0.5) is 0 Å². The van der Waals surface area contributed by atoms with Crippen LogP contribution in [0.15, 0.2) is 97.2 Å². The minimum absolute atomic E-state index is 0.0436. The van der Waals surface area contributed by atoms with Crippen LogP contribution in [0.2, 0.25) is 0 Å². The Labute approximate surface area is 356 Å². The predicted octanol–water partition coefficient (Wildman–Crippen LogP) is 13.8. The van der Waals surface area contributed by atoms with E-state index in [1.165, 1.54) is 44.9 Å². The molecule has 0 heterocycles. The molecular formula is C52H87NO5. The molecule has 3 N–H and O–H groups in total. The molecule has 0 aromatic heterocycles. The zero-order valence-electron chi connectivity index (χ0n) is 37.4. The Morgan fingerprint density at radius 1 is 0.534 bits per heavy atom. The van der Waals surface area contributed by atoms with Gasteiger partial charge >= 0.3 is 5.97 Å². The molecule has 3 unspecified atom stereocenters. The number of hydrogen-bond donors (Lipinski definition) is 3. The molecule has 0 aliphatic carbocycles. The molecule has 6 nitrogen and oxygen atoms in total. The number of allylic oxidation sites excluding steroid dienone is 16. The number of amides is 1. The fraction of sp³-hybridized carbons (Fsp3) is 0.654. The van der Waals surface area contributed by atoms with E-state index in [1.54, 1.807) is 0 Å². The minimum atomic E-state index is -0.803.